The Morgan fingerprint density at radius 3 is 2.19 bits per heavy atom. The SMILES string of the molecule is C[C@H]1C(OC(=O)c2ccccc2)[C@@H](OC(=O)c2ccccc2)CO[C@@H]1O[C@H]1CC[C@]2(C)C3CC[C@]4(C)[C@@H](C5=CC(=O)OC5)CC[C@]4(O)C3CC[C@@H]2C1. The third kappa shape index (κ3) is 6.01. The third-order valence-electron chi connectivity index (χ3n) is 14.5. The van der Waals surface area contributed by atoms with E-state index in [1.807, 2.05) is 19.1 Å². The molecule has 278 valence electrons. The first kappa shape index (κ1) is 35.5. The normalized spacial score (nSPS) is 41.1. The van der Waals surface area contributed by atoms with Crippen molar-refractivity contribution in [1.82, 2.24) is 0 Å². The van der Waals surface area contributed by atoms with Gasteiger partial charge in [-0.25, -0.2) is 14.4 Å². The molecule has 1 N–H and O–H groups in total. The Balaban J connectivity index is 0.944. The van der Waals surface area contributed by atoms with Gasteiger partial charge in [0.05, 0.1) is 29.4 Å². The maximum absolute atomic E-state index is 13.3. The van der Waals surface area contributed by atoms with Crippen LogP contribution in [-0.4, -0.2) is 66.4 Å². The highest BCUT2D eigenvalue weighted by atomic mass is 16.7. The van der Waals surface area contributed by atoms with Gasteiger partial charge in [-0.15, -0.1) is 0 Å². The minimum absolute atomic E-state index is 0.0180. The Morgan fingerprint density at radius 2 is 1.52 bits per heavy atom. The molecule has 5 fully saturated rings. The number of hydrogen-bond acceptors (Lipinski definition) is 9. The number of rotatable bonds is 7. The van der Waals surface area contributed by atoms with E-state index in [9.17, 15) is 19.5 Å². The van der Waals surface area contributed by atoms with E-state index in [0.29, 0.717) is 29.6 Å². The number of ether oxygens (including phenoxy) is 5. The van der Waals surface area contributed by atoms with Crippen LogP contribution in [0.5, 0.6) is 0 Å². The molecule has 52 heavy (non-hydrogen) atoms. The van der Waals surface area contributed by atoms with Crippen molar-refractivity contribution < 1.29 is 43.2 Å². The Kier molecular flexibility index (Phi) is 9.36. The molecule has 1 saturated heterocycles. The Labute approximate surface area is 306 Å². The molecule has 4 saturated carbocycles. The van der Waals surface area contributed by atoms with Crippen LogP contribution in [-0.2, 0) is 28.5 Å². The standard InChI is InChI=1S/C43H52O9/c1-26-37(52-39(46)28-12-8-5-9-13-28)35(51-38(45)27-10-6-4-7-11-27)25-49-40(26)50-31-16-19-41(2)30(23-31)14-15-34-33(41)17-20-42(3)32(18-21-43(34,42)47)29-22-36(44)48-24-29/h4-13,22,26,30-35,37,40,47H,14-21,23-25H2,1-3H3/t26-,30+,31-,32+,33?,34?,35-,37?,40+,41-,42+,43-/m0/s1. The van der Waals surface area contributed by atoms with Crippen molar-refractivity contribution in [2.24, 2.45) is 40.4 Å². The van der Waals surface area contributed by atoms with Crippen LogP contribution in [0.15, 0.2) is 72.3 Å². The second-order valence-electron chi connectivity index (χ2n) is 16.9. The maximum Gasteiger partial charge on any atom is 0.338 e. The van der Waals surface area contributed by atoms with E-state index >= 15 is 0 Å². The summed E-state index contributed by atoms with van der Waals surface area (Å²) in [6.45, 7) is 7.08. The van der Waals surface area contributed by atoms with Crippen molar-refractivity contribution in [3.63, 3.8) is 0 Å². The van der Waals surface area contributed by atoms with Crippen LogP contribution in [0.1, 0.15) is 99.3 Å². The summed E-state index contributed by atoms with van der Waals surface area (Å²) in [5.74, 6) is -0.292. The van der Waals surface area contributed by atoms with E-state index in [0.717, 1.165) is 63.4 Å². The molecular formula is C43H52O9. The van der Waals surface area contributed by atoms with E-state index < -0.39 is 42.0 Å². The van der Waals surface area contributed by atoms with E-state index in [2.05, 4.69) is 13.8 Å². The molecule has 2 heterocycles. The van der Waals surface area contributed by atoms with Crippen molar-refractivity contribution in [3.8, 4) is 0 Å². The monoisotopic (exact) mass is 712 g/mol. The largest absolute Gasteiger partial charge is 0.458 e. The fraction of sp³-hybridized carbons (Fsp3) is 0.605. The summed E-state index contributed by atoms with van der Waals surface area (Å²) in [4.78, 5) is 38.3. The predicted octanol–water partition coefficient (Wildman–Crippen LogP) is 7.07. The van der Waals surface area contributed by atoms with Crippen molar-refractivity contribution in [3.05, 3.63) is 83.4 Å². The van der Waals surface area contributed by atoms with Crippen LogP contribution in [0.3, 0.4) is 0 Å². The molecule has 2 aliphatic heterocycles. The molecule has 12 atom stereocenters. The highest BCUT2D eigenvalue weighted by Crippen LogP contribution is 2.70. The van der Waals surface area contributed by atoms with Crippen LogP contribution in [0.25, 0.3) is 0 Å². The molecule has 9 heteroatoms. The fourth-order valence-corrected chi connectivity index (χ4v) is 11.6. The molecule has 6 aliphatic rings. The van der Waals surface area contributed by atoms with E-state index in [1.165, 1.54) is 0 Å². The summed E-state index contributed by atoms with van der Waals surface area (Å²) < 4.78 is 30.4. The van der Waals surface area contributed by atoms with Crippen LogP contribution >= 0.6 is 0 Å². The van der Waals surface area contributed by atoms with Crippen molar-refractivity contribution in [2.75, 3.05) is 13.2 Å². The number of hydrogen-bond donors (Lipinski definition) is 1. The van der Waals surface area contributed by atoms with Crippen LogP contribution in [0.2, 0.25) is 0 Å². The lowest BCUT2D eigenvalue weighted by Crippen LogP contribution is -2.62. The number of cyclic esters (lactones) is 1. The minimum Gasteiger partial charge on any atom is -0.458 e. The molecule has 0 spiro atoms. The second-order valence-corrected chi connectivity index (χ2v) is 16.9. The van der Waals surface area contributed by atoms with Gasteiger partial charge in [0.15, 0.2) is 12.4 Å². The van der Waals surface area contributed by atoms with Gasteiger partial charge in [-0.2, -0.15) is 0 Å². The summed E-state index contributed by atoms with van der Waals surface area (Å²) in [5, 5.41) is 12.6. The molecule has 8 rings (SSSR count). The van der Waals surface area contributed by atoms with Crippen LogP contribution in [0.4, 0.5) is 0 Å². The van der Waals surface area contributed by atoms with Gasteiger partial charge in [-0.3, -0.25) is 0 Å². The van der Waals surface area contributed by atoms with Gasteiger partial charge in [-0.05, 0) is 117 Å². The number of carbonyl (C=O) groups is 3. The van der Waals surface area contributed by atoms with Gasteiger partial charge >= 0.3 is 17.9 Å². The number of aliphatic hydroxyl groups is 1. The molecule has 4 aliphatic carbocycles. The molecule has 0 bridgehead atoms. The Hall–Kier alpha value is -3.53. The lowest BCUT2D eigenvalue weighted by molar-refractivity contribution is -0.272. The Bertz CT molecular complexity index is 1690. The first-order valence-electron chi connectivity index (χ1n) is 19.4. The first-order chi connectivity index (χ1) is 25.0. The summed E-state index contributed by atoms with van der Waals surface area (Å²) >= 11 is 0. The zero-order chi connectivity index (χ0) is 36.3. The lowest BCUT2D eigenvalue weighted by atomic mass is 9.43. The molecule has 3 unspecified atom stereocenters. The average molecular weight is 713 g/mol. The number of fused-ring (bicyclic) bond motifs is 5. The quantitative estimate of drug-likeness (QED) is 0.183. The van der Waals surface area contributed by atoms with Gasteiger partial charge in [0, 0.05) is 17.4 Å². The summed E-state index contributed by atoms with van der Waals surface area (Å²) in [6.07, 6.45) is 8.04. The van der Waals surface area contributed by atoms with Crippen molar-refractivity contribution in [1.29, 1.82) is 0 Å². The number of carbonyl (C=O) groups excluding carboxylic acids is 3. The molecule has 0 aromatic heterocycles. The smallest absolute Gasteiger partial charge is 0.338 e. The Morgan fingerprint density at radius 1 is 0.827 bits per heavy atom. The third-order valence-corrected chi connectivity index (χ3v) is 14.5. The van der Waals surface area contributed by atoms with Gasteiger partial charge in [0.25, 0.3) is 0 Å². The second kappa shape index (κ2) is 13.7. The predicted molar refractivity (Wildman–Crippen MR) is 191 cm³/mol. The lowest BCUT2D eigenvalue weighted by Gasteiger charge is -2.64. The number of esters is 3. The average Bonchev–Trinajstić information content (AvgIpc) is 3.70. The fourth-order valence-electron chi connectivity index (χ4n) is 11.6. The highest BCUT2D eigenvalue weighted by molar-refractivity contribution is 5.90. The molecular weight excluding hydrogens is 660 g/mol. The zero-order valence-electron chi connectivity index (χ0n) is 30.5. The number of benzene rings is 2. The molecule has 0 radical (unpaired) electrons. The van der Waals surface area contributed by atoms with Crippen molar-refractivity contribution >= 4 is 17.9 Å². The van der Waals surface area contributed by atoms with E-state index in [4.69, 9.17) is 23.7 Å². The summed E-state index contributed by atoms with van der Waals surface area (Å²) in [6, 6.07) is 17.6. The van der Waals surface area contributed by atoms with Gasteiger partial charge in [0.1, 0.15) is 12.7 Å². The summed E-state index contributed by atoms with van der Waals surface area (Å²) in [5.41, 5.74) is 1.02. The van der Waals surface area contributed by atoms with Gasteiger partial charge < -0.3 is 28.8 Å². The molecule has 9 nitrogen and oxygen atoms in total. The van der Waals surface area contributed by atoms with Gasteiger partial charge in [0.2, 0.25) is 0 Å². The topological polar surface area (TPSA) is 118 Å². The van der Waals surface area contributed by atoms with Crippen molar-refractivity contribution in [2.45, 2.75) is 109 Å². The summed E-state index contributed by atoms with van der Waals surface area (Å²) in [7, 11) is 0. The zero-order valence-corrected chi connectivity index (χ0v) is 30.5. The molecule has 2 aromatic rings. The first-order valence-corrected chi connectivity index (χ1v) is 19.4. The van der Waals surface area contributed by atoms with Gasteiger partial charge in [-0.1, -0.05) is 57.2 Å². The maximum atomic E-state index is 13.3. The van der Waals surface area contributed by atoms with Crippen LogP contribution in [0, 0.1) is 40.4 Å². The minimum atomic E-state index is -0.795. The van der Waals surface area contributed by atoms with Crippen LogP contribution < -0.4 is 0 Å². The van der Waals surface area contributed by atoms with E-state index in [1.54, 1.807) is 54.6 Å². The molecule has 0 amide bonds. The van der Waals surface area contributed by atoms with E-state index in [-0.39, 0.29) is 41.3 Å². The molecule has 2 aromatic carbocycles. The highest BCUT2D eigenvalue weighted by Gasteiger charge is 2.67.